The molecule has 166 valence electrons. The maximum atomic E-state index is 12.2. The molecule has 2 aromatic carbocycles. The Morgan fingerprint density at radius 1 is 1.00 bits per heavy atom. The normalized spacial score (nSPS) is 16.7. The van der Waals surface area contributed by atoms with Gasteiger partial charge in [0.25, 0.3) is 0 Å². The Morgan fingerprint density at radius 3 is 2.39 bits per heavy atom. The number of hydrogen-bond acceptors (Lipinski definition) is 5. The van der Waals surface area contributed by atoms with Crippen LogP contribution in [-0.2, 0) is 11.3 Å². The number of phenols is 1. The third-order valence-corrected chi connectivity index (χ3v) is 5.64. The number of piperazine rings is 1. The van der Waals surface area contributed by atoms with Crippen molar-refractivity contribution < 1.29 is 19.7 Å². The van der Waals surface area contributed by atoms with Gasteiger partial charge in [-0.15, -0.1) is 0 Å². The lowest BCUT2D eigenvalue weighted by atomic mass is 10.1. The number of aliphatic hydroxyl groups excluding tert-OH is 1. The number of carbonyl (C=O) groups excluding carboxylic acids is 1. The molecule has 1 fully saturated rings. The maximum absolute atomic E-state index is 12.2. The molecule has 1 unspecified atom stereocenters. The highest BCUT2D eigenvalue weighted by atomic mass is 16.6. The molecule has 0 aliphatic carbocycles. The number of aromatic hydroxyl groups is 1. The van der Waals surface area contributed by atoms with Crippen molar-refractivity contribution in [3.63, 3.8) is 0 Å². The van der Waals surface area contributed by atoms with E-state index in [0.29, 0.717) is 39.3 Å². The van der Waals surface area contributed by atoms with Gasteiger partial charge in [-0.05, 0) is 39.0 Å². The Hall–Kier alpha value is -2.77. The van der Waals surface area contributed by atoms with Crippen LogP contribution in [0.25, 0.3) is 21.8 Å². The zero-order valence-electron chi connectivity index (χ0n) is 18.4. The number of para-hydroxylation sites is 1. The highest BCUT2D eigenvalue weighted by molar-refractivity contribution is 6.08. The number of ether oxygens (including phenoxy) is 1. The number of aromatic nitrogens is 1. The number of benzene rings is 2. The van der Waals surface area contributed by atoms with Crippen LogP contribution in [0.2, 0.25) is 0 Å². The number of nitrogens with zero attached hydrogens (tertiary/aromatic N) is 3. The SMILES string of the molecule is CC(C)(C)OC(=O)N1CCN(CC(O)Cn2c3ccccc3c3ccc(O)cc32)CC1. The van der Waals surface area contributed by atoms with E-state index in [0.717, 1.165) is 21.8 Å². The van der Waals surface area contributed by atoms with E-state index in [-0.39, 0.29) is 11.8 Å². The lowest BCUT2D eigenvalue weighted by Gasteiger charge is -2.36. The molecular formula is C24H31N3O4. The minimum atomic E-state index is -0.575. The summed E-state index contributed by atoms with van der Waals surface area (Å²) < 4.78 is 7.53. The zero-order valence-corrected chi connectivity index (χ0v) is 18.4. The van der Waals surface area contributed by atoms with Crippen molar-refractivity contribution in [3.05, 3.63) is 42.5 Å². The first kappa shape index (κ1) is 21.5. The summed E-state index contributed by atoms with van der Waals surface area (Å²) >= 11 is 0. The molecule has 1 aromatic heterocycles. The van der Waals surface area contributed by atoms with Crippen molar-refractivity contribution in [2.24, 2.45) is 0 Å². The third-order valence-electron chi connectivity index (χ3n) is 5.64. The van der Waals surface area contributed by atoms with E-state index in [4.69, 9.17) is 4.74 Å². The topological polar surface area (TPSA) is 78.2 Å². The van der Waals surface area contributed by atoms with E-state index in [2.05, 4.69) is 15.5 Å². The largest absolute Gasteiger partial charge is 0.508 e. The summed E-state index contributed by atoms with van der Waals surface area (Å²) in [6.45, 7) is 9.13. The van der Waals surface area contributed by atoms with E-state index in [1.54, 1.807) is 17.0 Å². The third kappa shape index (κ3) is 4.78. The molecule has 7 nitrogen and oxygen atoms in total. The van der Waals surface area contributed by atoms with Crippen molar-refractivity contribution in [1.82, 2.24) is 14.4 Å². The summed E-state index contributed by atoms with van der Waals surface area (Å²) in [5.41, 5.74) is 1.45. The standard InChI is InChI=1S/C24H31N3O4/c1-24(2,3)31-23(30)26-12-10-25(11-13-26)15-18(29)16-27-21-7-5-4-6-19(21)20-9-8-17(28)14-22(20)27/h4-9,14,18,28-29H,10-13,15-16H2,1-3H3. The van der Waals surface area contributed by atoms with Crippen LogP contribution in [0.3, 0.4) is 0 Å². The number of aliphatic hydroxyl groups is 1. The molecule has 7 heteroatoms. The van der Waals surface area contributed by atoms with Gasteiger partial charge in [0.1, 0.15) is 11.4 Å². The minimum Gasteiger partial charge on any atom is -0.508 e. The second-order valence-corrected chi connectivity index (χ2v) is 9.25. The fraction of sp³-hybridized carbons (Fsp3) is 0.458. The van der Waals surface area contributed by atoms with Gasteiger partial charge in [0, 0.05) is 55.1 Å². The number of rotatable bonds is 4. The Labute approximate surface area is 182 Å². The molecule has 0 radical (unpaired) electrons. The van der Waals surface area contributed by atoms with E-state index in [1.165, 1.54) is 0 Å². The number of fused-ring (bicyclic) bond motifs is 3. The molecule has 31 heavy (non-hydrogen) atoms. The van der Waals surface area contributed by atoms with Crippen LogP contribution in [0.15, 0.2) is 42.5 Å². The van der Waals surface area contributed by atoms with Gasteiger partial charge < -0.3 is 24.4 Å². The molecule has 1 saturated heterocycles. The first-order valence-electron chi connectivity index (χ1n) is 10.8. The fourth-order valence-corrected chi connectivity index (χ4v) is 4.24. The van der Waals surface area contributed by atoms with Crippen LogP contribution in [0, 0.1) is 0 Å². The molecule has 2 heterocycles. The summed E-state index contributed by atoms with van der Waals surface area (Å²) in [6, 6.07) is 13.5. The van der Waals surface area contributed by atoms with Gasteiger partial charge in [0.15, 0.2) is 0 Å². The lowest BCUT2D eigenvalue weighted by Crippen LogP contribution is -2.51. The smallest absolute Gasteiger partial charge is 0.410 e. The van der Waals surface area contributed by atoms with Gasteiger partial charge in [-0.1, -0.05) is 18.2 Å². The molecule has 3 aromatic rings. The number of phenolic OH excluding ortho intramolecular Hbond substituents is 1. The second kappa shape index (κ2) is 8.40. The van der Waals surface area contributed by atoms with Crippen LogP contribution in [-0.4, -0.2) is 75.1 Å². The van der Waals surface area contributed by atoms with E-state index >= 15 is 0 Å². The Morgan fingerprint density at radius 2 is 1.68 bits per heavy atom. The number of carbonyl (C=O) groups is 1. The van der Waals surface area contributed by atoms with Crippen LogP contribution >= 0.6 is 0 Å². The number of amides is 1. The summed E-state index contributed by atoms with van der Waals surface area (Å²) in [4.78, 5) is 16.1. The van der Waals surface area contributed by atoms with Crippen molar-refractivity contribution in [2.75, 3.05) is 32.7 Å². The highest BCUT2D eigenvalue weighted by Gasteiger charge is 2.26. The molecule has 0 spiro atoms. The molecule has 1 aliphatic rings. The van der Waals surface area contributed by atoms with Gasteiger partial charge >= 0.3 is 6.09 Å². The minimum absolute atomic E-state index is 0.212. The lowest BCUT2D eigenvalue weighted by molar-refractivity contribution is 0.00949. The fourth-order valence-electron chi connectivity index (χ4n) is 4.24. The maximum Gasteiger partial charge on any atom is 0.410 e. The van der Waals surface area contributed by atoms with Crippen LogP contribution in [0.5, 0.6) is 5.75 Å². The molecule has 0 saturated carbocycles. The van der Waals surface area contributed by atoms with Gasteiger partial charge in [0.2, 0.25) is 0 Å². The Bertz CT molecular complexity index is 1080. The Balaban J connectivity index is 1.42. The molecule has 0 bridgehead atoms. The predicted octanol–water partition coefficient (Wildman–Crippen LogP) is 3.41. The highest BCUT2D eigenvalue weighted by Crippen LogP contribution is 2.31. The molecule has 1 atom stereocenters. The first-order chi connectivity index (χ1) is 14.7. The summed E-state index contributed by atoms with van der Waals surface area (Å²) in [6.07, 6.45) is -0.854. The summed E-state index contributed by atoms with van der Waals surface area (Å²) in [5, 5.41) is 23.0. The van der Waals surface area contributed by atoms with Crippen LogP contribution in [0.1, 0.15) is 20.8 Å². The van der Waals surface area contributed by atoms with Crippen LogP contribution < -0.4 is 0 Å². The molecule has 2 N–H and O–H groups in total. The summed E-state index contributed by atoms with van der Waals surface area (Å²) in [7, 11) is 0. The average Bonchev–Trinajstić information content (AvgIpc) is 3.00. The van der Waals surface area contributed by atoms with E-state index in [9.17, 15) is 15.0 Å². The van der Waals surface area contributed by atoms with Gasteiger partial charge in [-0.3, -0.25) is 4.90 Å². The monoisotopic (exact) mass is 425 g/mol. The van der Waals surface area contributed by atoms with Gasteiger partial charge in [-0.25, -0.2) is 4.79 Å². The summed E-state index contributed by atoms with van der Waals surface area (Å²) in [5.74, 6) is 0.212. The molecule has 1 amide bonds. The number of hydrogen-bond donors (Lipinski definition) is 2. The van der Waals surface area contributed by atoms with Crippen molar-refractivity contribution >= 4 is 27.9 Å². The molecule has 4 rings (SSSR count). The Kier molecular flexibility index (Phi) is 5.81. The van der Waals surface area contributed by atoms with Gasteiger partial charge in [-0.2, -0.15) is 0 Å². The first-order valence-corrected chi connectivity index (χ1v) is 10.8. The molecule has 1 aliphatic heterocycles. The molecular weight excluding hydrogens is 394 g/mol. The van der Waals surface area contributed by atoms with Crippen molar-refractivity contribution in [3.8, 4) is 5.75 Å². The van der Waals surface area contributed by atoms with E-state index < -0.39 is 11.7 Å². The van der Waals surface area contributed by atoms with E-state index in [1.807, 2.05) is 45.0 Å². The van der Waals surface area contributed by atoms with Crippen molar-refractivity contribution in [1.29, 1.82) is 0 Å². The predicted molar refractivity (Wildman–Crippen MR) is 121 cm³/mol. The zero-order chi connectivity index (χ0) is 22.2. The second-order valence-electron chi connectivity index (χ2n) is 9.25. The van der Waals surface area contributed by atoms with Gasteiger partial charge in [0.05, 0.1) is 18.2 Å². The van der Waals surface area contributed by atoms with Crippen molar-refractivity contribution in [2.45, 2.75) is 39.0 Å². The number of β-amino-alcohol motifs (C(OH)–C–C–N with tert-alkyl or cyclic N) is 1. The quantitative estimate of drug-likeness (QED) is 0.670. The van der Waals surface area contributed by atoms with Crippen LogP contribution in [0.4, 0.5) is 4.79 Å². The average molecular weight is 426 g/mol.